The molecule has 0 aliphatic heterocycles. The Labute approximate surface area is 123 Å². The minimum Gasteiger partial charge on any atom is -0.488 e. The molecule has 1 heterocycles. The molecule has 3 N–H and O–H groups in total. The zero-order valence-corrected chi connectivity index (χ0v) is 12.0. The summed E-state index contributed by atoms with van der Waals surface area (Å²) in [6.07, 6.45) is -0.814. The van der Waals surface area contributed by atoms with E-state index in [1.807, 2.05) is 30.3 Å². The van der Waals surface area contributed by atoms with Crippen LogP contribution in [0.3, 0.4) is 0 Å². The number of aryl methyl sites for hydroxylation is 1. The third-order valence-electron chi connectivity index (χ3n) is 2.97. The fraction of sp³-hybridized carbons (Fsp3) is 0.267. The molecule has 0 aliphatic carbocycles. The van der Waals surface area contributed by atoms with Gasteiger partial charge in [0.25, 0.3) is 0 Å². The van der Waals surface area contributed by atoms with Gasteiger partial charge < -0.3 is 15.6 Å². The van der Waals surface area contributed by atoms with Crippen molar-refractivity contribution in [3.63, 3.8) is 0 Å². The first-order chi connectivity index (χ1) is 9.61. The van der Waals surface area contributed by atoms with Gasteiger partial charge in [0.2, 0.25) is 0 Å². The number of halogens is 1. The lowest BCUT2D eigenvalue weighted by Crippen LogP contribution is -2.15. The standard InChI is InChI=1S/C15H17ClN2O2/c1-10-15(12(19)8-17)13(7-14(16)18-10)20-9-11-5-3-2-4-6-11/h2-7,12,19H,8-9,17H2,1H3. The lowest BCUT2D eigenvalue weighted by atomic mass is 10.1. The van der Waals surface area contributed by atoms with Crippen LogP contribution in [0.2, 0.25) is 5.15 Å². The molecule has 1 unspecified atom stereocenters. The highest BCUT2D eigenvalue weighted by Gasteiger charge is 2.17. The summed E-state index contributed by atoms with van der Waals surface area (Å²) in [5.41, 5.74) is 7.77. The van der Waals surface area contributed by atoms with Crippen molar-refractivity contribution in [1.82, 2.24) is 4.98 Å². The first-order valence-electron chi connectivity index (χ1n) is 6.33. The quantitative estimate of drug-likeness (QED) is 0.831. The van der Waals surface area contributed by atoms with Crippen LogP contribution in [0.4, 0.5) is 0 Å². The fourth-order valence-electron chi connectivity index (χ4n) is 1.99. The highest BCUT2D eigenvalue weighted by Crippen LogP contribution is 2.30. The Bertz CT molecular complexity index is 576. The van der Waals surface area contributed by atoms with E-state index in [1.54, 1.807) is 13.0 Å². The highest BCUT2D eigenvalue weighted by molar-refractivity contribution is 6.29. The molecule has 0 bridgehead atoms. The van der Waals surface area contributed by atoms with Gasteiger partial charge in [-0.15, -0.1) is 0 Å². The minimum atomic E-state index is -0.814. The molecule has 1 aromatic heterocycles. The zero-order valence-electron chi connectivity index (χ0n) is 11.2. The number of aliphatic hydroxyl groups is 1. The molecular formula is C15H17ClN2O2. The second-order valence-electron chi connectivity index (χ2n) is 4.47. The summed E-state index contributed by atoms with van der Waals surface area (Å²) in [7, 11) is 0. The van der Waals surface area contributed by atoms with E-state index < -0.39 is 6.10 Å². The highest BCUT2D eigenvalue weighted by atomic mass is 35.5. The van der Waals surface area contributed by atoms with Crippen molar-refractivity contribution in [1.29, 1.82) is 0 Å². The van der Waals surface area contributed by atoms with Gasteiger partial charge in [-0.1, -0.05) is 41.9 Å². The Kier molecular flexibility index (Phi) is 4.95. The molecule has 2 rings (SSSR count). The molecule has 106 valence electrons. The van der Waals surface area contributed by atoms with E-state index in [2.05, 4.69) is 4.98 Å². The van der Waals surface area contributed by atoms with Gasteiger partial charge in [-0.25, -0.2) is 4.98 Å². The van der Waals surface area contributed by atoms with Crippen molar-refractivity contribution >= 4 is 11.6 Å². The smallest absolute Gasteiger partial charge is 0.133 e. The van der Waals surface area contributed by atoms with E-state index in [9.17, 15) is 5.11 Å². The van der Waals surface area contributed by atoms with Crippen molar-refractivity contribution in [2.45, 2.75) is 19.6 Å². The van der Waals surface area contributed by atoms with Gasteiger partial charge in [0.1, 0.15) is 17.5 Å². The van der Waals surface area contributed by atoms with E-state index in [1.165, 1.54) is 0 Å². The SMILES string of the molecule is Cc1nc(Cl)cc(OCc2ccccc2)c1C(O)CN. The van der Waals surface area contributed by atoms with Crippen LogP contribution in [-0.4, -0.2) is 16.6 Å². The third-order valence-corrected chi connectivity index (χ3v) is 3.17. The van der Waals surface area contributed by atoms with Gasteiger partial charge in [0.05, 0.1) is 6.10 Å². The van der Waals surface area contributed by atoms with Crippen LogP contribution < -0.4 is 10.5 Å². The van der Waals surface area contributed by atoms with E-state index in [0.29, 0.717) is 28.8 Å². The Morgan fingerprint density at radius 1 is 1.35 bits per heavy atom. The van der Waals surface area contributed by atoms with E-state index in [0.717, 1.165) is 5.56 Å². The van der Waals surface area contributed by atoms with Crippen LogP contribution in [0.1, 0.15) is 22.9 Å². The van der Waals surface area contributed by atoms with Gasteiger partial charge >= 0.3 is 0 Å². The number of rotatable bonds is 5. The number of nitrogens with two attached hydrogens (primary N) is 1. The van der Waals surface area contributed by atoms with E-state index in [-0.39, 0.29) is 6.54 Å². The van der Waals surface area contributed by atoms with Crippen LogP contribution in [-0.2, 0) is 6.61 Å². The topological polar surface area (TPSA) is 68.4 Å². The summed E-state index contributed by atoms with van der Waals surface area (Å²) >= 11 is 5.95. The molecule has 4 nitrogen and oxygen atoms in total. The normalized spacial score (nSPS) is 12.2. The van der Waals surface area contributed by atoms with Crippen molar-refractivity contribution in [3.8, 4) is 5.75 Å². The van der Waals surface area contributed by atoms with Crippen LogP contribution in [0.5, 0.6) is 5.75 Å². The second kappa shape index (κ2) is 6.70. The molecule has 1 atom stereocenters. The van der Waals surface area contributed by atoms with Gasteiger partial charge in [-0.3, -0.25) is 0 Å². The number of aliphatic hydroxyl groups excluding tert-OH is 1. The summed E-state index contributed by atoms with van der Waals surface area (Å²) in [5, 5.41) is 10.3. The number of hydrogen-bond donors (Lipinski definition) is 2. The van der Waals surface area contributed by atoms with Gasteiger partial charge in [0, 0.05) is 23.9 Å². The molecule has 2 aromatic rings. The number of nitrogens with zero attached hydrogens (tertiary/aromatic N) is 1. The zero-order chi connectivity index (χ0) is 14.5. The van der Waals surface area contributed by atoms with Gasteiger partial charge in [-0.05, 0) is 12.5 Å². The number of pyridine rings is 1. The van der Waals surface area contributed by atoms with Crippen molar-refractivity contribution < 1.29 is 9.84 Å². The summed E-state index contributed by atoms with van der Waals surface area (Å²) in [5.74, 6) is 0.518. The van der Waals surface area contributed by atoms with Gasteiger partial charge in [-0.2, -0.15) is 0 Å². The lowest BCUT2D eigenvalue weighted by molar-refractivity contribution is 0.177. The predicted molar refractivity (Wildman–Crippen MR) is 78.8 cm³/mol. The molecular weight excluding hydrogens is 276 g/mol. The van der Waals surface area contributed by atoms with Crippen LogP contribution in [0.25, 0.3) is 0 Å². The maximum atomic E-state index is 9.99. The van der Waals surface area contributed by atoms with E-state index >= 15 is 0 Å². The summed E-state index contributed by atoms with van der Waals surface area (Å²) in [6.45, 7) is 2.27. The lowest BCUT2D eigenvalue weighted by Gasteiger charge is -2.17. The Morgan fingerprint density at radius 3 is 2.70 bits per heavy atom. The Hall–Kier alpha value is -1.62. The molecule has 0 saturated carbocycles. The second-order valence-corrected chi connectivity index (χ2v) is 4.86. The maximum Gasteiger partial charge on any atom is 0.133 e. The molecule has 5 heteroatoms. The molecule has 0 spiro atoms. The van der Waals surface area contributed by atoms with Crippen LogP contribution in [0.15, 0.2) is 36.4 Å². The first-order valence-corrected chi connectivity index (χ1v) is 6.71. The molecule has 0 saturated heterocycles. The predicted octanol–water partition coefficient (Wildman–Crippen LogP) is 2.61. The summed E-state index contributed by atoms with van der Waals surface area (Å²) in [6, 6.07) is 11.4. The minimum absolute atomic E-state index is 0.103. The van der Waals surface area contributed by atoms with E-state index in [4.69, 9.17) is 22.1 Å². The number of hydrogen-bond acceptors (Lipinski definition) is 4. The fourth-order valence-corrected chi connectivity index (χ4v) is 2.22. The van der Waals surface area contributed by atoms with Gasteiger partial charge in [0.15, 0.2) is 0 Å². The molecule has 0 fully saturated rings. The molecule has 0 aliphatic rings. The number of benzene rings is 1. The van der Waals surface area contributed by atoms with Crippen molar-refractivity contribution in [3.05, 3.63) is 58.4 Å². The molecule has 0 amide bonds. The average Bonchev–Trinajstić information content (AvgIpc) is 2.45. The first kappa shape index (κ1) is 14.8. The van der Waals surface area contributed by atoms with Crippen LogP contribution >= 0.6 is 11.6 Å². The number of ether oxygens (including phenoxy) is 1. The summed E-state index contributed by atoms with van der Waals surface area (Å²) in [4.78, 5) is 4.13. The van der Waals surface area contributed by atoms with Crippen LogP contribution in [0, 0.1) is 6.92 Å². The average molecular weight is 293 g/mol. The Morgan fingerprint density at radius 2 is 2.05 bits per heavy atom. The third kappa shape index (κ3) is 3.48. The monoisotopic (exact) mass is 292 g/mol. The van der Waals surface area contributed by atoms with Crippen molar-refractivity contribution in [2.75, 3.05) is 6.54 Å². The molecule has 20 heavy (non-hydrogen) atoms. The summed E-state index contributed by atoms with van der Waals surface area (Å²) < 4.78 is 5.77. The Balaban J connectivity index is 2.26. The molecule has 0 radical (unpaired) electrons. The number of aromatic nitrogens is 1. The van der Waals surface area contributed by atoms with Crippen molar-refractivity contribution in [2.24, 2.45) is 5.73 Å². The maximum absolute atomic E-state index is 9.99. The molecule has 1 aromatic carbocycles. The largest absolute Gasteiger partial charge is 0.488 e.